The molecule has 2 aromatic rings. The molecule has 3 heteroatoms. The second-order valence-corrected chi connectivity index (χ2v) is 8.09. The highest BCUT2D eigenvalue weighted by molar-refractivity contribution is 7.11. The van der Waals surface area contributed by atoms with E-state index in [4.69, 9.17) is 0 Å². The van der Waals surface area contributed by atoms with E-state index in [-0.39, 0.29) is 5.91 Å². The third-order valence-corrected chi connectivity index (χ3v) is 5.53. The van der Waals surface area contributed by atoms with Crippen molar-refractivity contribution < 1.29 is 4.79 Å². The Kier molecular flexibility index (Phi) is 9.35. The first-order valence-corrected chi connectivity index (χ1v) is 10.5. The first-order chi connectivity index (χ1) is 12.3. The van der Waals surface area contributed by atoms with Crippen molar-refractivity contribution >= 4 is 17.2 Å². The predicted octanol–water partition coefficient (Wildman–Crippen LogP) is 6.15. The van der Waals surface area contributed by atoms with Crippen molar-refractivity contribution in [1.29, 1.82) is 0 Å². The number of nitrogens with one attached hydrogen (secondary N) is 1. The number of carbonyl (C=O) groups is 1. The monoisotopic (exact) mass is 357 g/mol. The minimum absolute atomic E-state index is 0.0431. The number of aryl methyl sites for hydroxylation is 2. The molecule has 0 aliphatic carbocycles. The fourth-order valence-electron chi connectivity index (χ4n) is 3.00. The summed E-state index contributed by atoms with van der Waals surface area (Å²) in [6, 6.07) is 13.9. The van der Waals surface area contributed by atoms with Crippen LogP contribution in [0, 0.1) is 6.92 Å². The first-order valence-electron chi connectivity index (χ1n) is 9.64. The molecule has 0 saturated heterocycles. The Balaban J connectivity index is 1.37. The molecular weight excluding hydrogens is 326 g/mol. The van der Waals surface area contributed by atoms with Gasteiger partial charge in [-0.25, -0.2) is 0 Å². The third-order valence-electron chi connectivity index (χ3n) is 4.47. The topological polar surface area (TPSA) is 29.1 Å². The highest BCUT2D eigenvalue weighted by Crippen LogP contribution is 2.18. The van der Waals surface area contributed by atoms with E-state index in [1.807, 2.05) is 41.7 Å². The minimum Gasteiger partial charge on any atom is -0.352 e. The zero-order valence-corrected chi connectivity index (χ0v) is 16.2. The number of benzene rings is 1. The molecule has 0 aliphatic heterocycles. The summed E-state index contributed by atoms with van der Waals surface area (Å²) in [6.07, 6.45) is 11.5. The van der Waals surface area contributed by atoms with Crippen LogP contribution in [0.2, 0.25) is 0 Å². The average molecular weight is 358 g/mol. The summed E-state index contributed by atoms with van der Waals surface area (Å²) in [5, 5.41) is 3.00. The maximum atomic E-state index is 11.9. The van der Waals surface area contributed by atoms with Gasteiger partial charge in [-0.1, -0.05) is 56.7 Å². The fourth-order valence-corrected chi connectivity index (χ4v) is 3.93. The van der Waals surface area contributed by atoms with Crippen molar-refractivity contribution in [3.8, 4) is 0 Å². The summed E-state index contributed by atoms with van der Waals surface area (Å²) in [6.45, 7) is 2.97. The number of rotatable bonds is 12. The van der Waals surface area contributed by atoms with Crippen LogP contribution in [-0.2, 0) is 6.42 Å². The standard InChI is InChI=1S/C22H31NOS/c1-19-16-17-21(25-19)15-11-6-4-2-3-5-7-12-18-23-22(24)20-13-9-8-10-14-20/h8-10,13-14,16-17H,2-7,11-12,15,18H2,1H3,(H,23,24). The van der Waals surface area contributed by atoms with Gasteiger partial charge in [0.1, 0.15) is 0 Å². The number of unbranched alkanes of at least 4 members (excludes halogenated alkanes) is 7. The maximum Gasteiger partial charge on any atom is 0.251 e. The highest BCUT2D eigenvalue weighted by Gasteiger charge is 2.02. The number of thiophene rings is 1. The van der Waals surface area contributed by atoms with Gasteiger partial charge in [0.25, 0.3) is 5.91 Å². The Labute approximate surface area is 156 Å². The Hall–Kier alpha value is -1.61. The van der Waals surface area contributed by atoms with Crippen molar-refractivity contribution in [2.75, 3.05) is 6.54 Å². The molecule has 2 rings (SSSR count). The number of carbonyl (C=O) groups excluding carboxylic acids is 1. The van der Waals surface area contributed by atoms with E-state index in [0.29, 0.717) is 0 Å². The highest BCUT2D eigenvalue weighted by atomic mass is 32.1. The van der Waals surface area contributed by atoms with Crippen molar-refractivity contribution in [3.05, 3.63) is 57.8 Å². The number of hydrogen-bond donors (Lipinski definition) is 1. The molecule has 1 heterocycles. The lowest BCUT2D eigenvalue weighted by Gasteiger charge is -2.05. The van der Waals surface area contributed by atoms with Crippen molar-refractivity contribution in [1.82, 2.24) is 5.32 Å². The molecule has 1 aromatic carbocycles. The lowest BCUT2D eigenvalue weighted by molar-refractivity contribution is 0.0953. The lowest BCUT2D eigenvalue weighted by atomic mass is 10.1. The Morgan fingerprint density at radius 1 is 0.840 bits per heavy atom. The van der Waals surface area contributed by atoms with Gasteiger partial charge in [-0.3, -0.25) is 4.79 Å². The van der Waals surface area contributed by atoms with E-state index in [2.05, 4.69) is 24.4 Å². The number of amides is 1. The summed E-state index contributed by atoms with van der Waals surface area (Å²) in [5.41, 5.74) is 0.750. The van der Waals surface area contributed by atoms with E-state index in [9.17, 15) is 4.79 Å². The summed E-state index contributed by atoms with van der Waals surface area (Å²) in [7, 11) is 0. The largest absolute Gasteiger partial charge is 0.352 e. The van der Waals surface area contributed by atoms with Gasteiger partial charge in [0, 0.05) is 21.9 Å². The molecular formula is C22H31NOS. The molecule has 0 unspecified atom stereocenters. The zero-order chi connectivity index (χ0) is 17.7. The molecule has 1 amide bonds. The summed E-state index contributed by atoms with van der Waals surface area (Å²) in [5.74, 6) is 0.0431. The van der Waals surface area contributed by atoms with Gasteiger partial charge in [0.15, 0.2) is 0 Å². The second kappa shape index (κ2) is 11.9. The zero-order valence-electron chi connectivity index (χ0n) is 15.4. The summed E-state index contributed by atoms with van der Waals surface area (Å²) < 4.78 is 0. The molecule has 0 aliphatic rings. The van der Waals surface area contributed by atoms with Crippen LogP contribution in [0.5, 0.6) is 0 Å². The van der Waals surface area contributed by atoms with Crippen LogP contribution < -0.4 is 5.32 Å². The molecule has 0 fully saturated rings. The molecule has 25 heavy (non-hydrogen) atoms. The first kappa shape index (κ1) is 19.7. The Morgan fingerprint density at radius 2 is 1.48 bits per heavy atom. The molecule has 0 bridgehead atoms. The van der Waals surface area contributed by atoms with Gasteiger partial charge in [0.2, 0.25) is 0 Å². The summed E-state index contributed by atoms with van der Waals surface area (Å²) in [4.78, 5) is 14.8. The van der Waals surface area contributed by atoms with Crippen LogP contribution in [0.1, 0.15) is 71.5 Å². The van der Waals surface area contributed by atoms with Gasteiger partial charge in [-0.05, 0) is 50.5 Å². The van der Waals surface area contributed by atoms with Crippen molar-refractivity contribution in [3.63, 3.8) is 0 Å². The van der Waals surface area contributed by atoms with Crippen LogP contribution in [0.25, 0.3) is 0 Å². The third kappa shape index (κ3) is 8.35. The Morgan fingerprint density at radius 3 is 2.12 bits per heavy atom. The van der Waals surface area contributed by atoms with Gasteiger partial charge in [-0.2, -0.15) is 0 Å². The van der Waals surface area contributed by atoms with Gasteiger partial charge in [0.05, 0.1) is 0 Å². The van der Waals surface area contributed by atoms with Crippen molar-refractivity contribution in [2.45, 2.75) is 64.7 Å². The van der Waals surface area contributed by atoms with E-state index < -0.39 is 0 Å². The molecule has 2 nitrogen and oxygen atoms in total. The maximum absolute atomic E-state index is 11.9. The smallest absolute Gasteiger partial charge is 0.251 e. The Bertz CT molecular complexity index is 605. The van der Waals surface area contributed by atoms with E-state index in [1.165, 1.54) is 61.1 Å². The average Bonchev–Trinajstić information content (AvgIpc) is 3.05. The van der Waals surface area contributed by atoms with Gasteiger partial charge >= 0.3 is 0 Å². The van der Waals surface area contributed by atoms with Crippen LogP contribution in [0.3, 0.4) is 0 Å². The van der Waals surface area contributed by atoms with Crippen LogP contribution in [0.15, 0.2) is 42.5 Å². The molecule has 0 radical (unpaired) electrons. The molecule has 0 saturated carbocycles. The van der Waals surface area contributed by atoms with E-state index in [0.717, 1.165) is 18.5 Å². The quantitative estimate of drug-likeness (QED) is 0.453. The minimum atomic E-state index is 0.0431. The normalized spacial score (nSPS) is 10.8. The molecule has 1 N–H and O–H groups in total. The summed E-state index contributed by atoms with van der Waals surface area (Å²) >= 11 is 1.94. The fraction of sp³-hybridized carbons (Fsp3) is 0.500. The van der Waals surface area contributed by atoms with Crippen LogP contribution >= 0.6 is 11.3 Å². The SMILES string of the molecule is Cc1ccc(CCCCCCCCCCNC(=O)c2ccccc2)s1. The molecule has 0 spiro atoms. The lowest BCUT2D eigenvalue weighted by Crippen LogP contribution is -2.24. The van der Waals surface area contributed by atoms with Crippen LogP contribution in [0.4, 0.5) is 0 Å². The van der Waals surface area contributed by atoms with Crippen LogP contribution in [-0.4, -0.2) is 12.5 Å². The molecule has 0 atom stereocenters. The van der Waals surface area contributed by atoms with Crippen molar-refractivity contribution in [2.24, 2.45) is 0 Å². The second-order valence-electron chi connectivity index (χ2n) is 6.71. The number of hydrogen-bond acceptors (Lipinski definition) is 2. The molecule has 136 valence electrons. The van der Waals surface area contributed by atoms with E-state index in [1.54, 1.807) is 0 Å². The van der Waals surface area contributed by atoms with Gasteiger partial charge < -0.3 is 5.32 Å². The molecule has 1 aromatic heterocycles. The van der Waals surface area contributed by atoms with Gasteiger partial charge in [-0.15, -0.1) is 11.3 Å². The predicted molar refractivity (Wildman–Crippen MR) is 108 cm³/mol. The van der Waals surface area contributed by atoms with E-state index >= 15 is 0 Å².